The van der Waals surface area contributed by atoms with Crippen molar-refractivity contribution in [2.75, 3.05) is 19.0 Å². The summed E-state index contributed by atoms with van der Waals surface area (Å²) in [5.41, 5.74) is 0. The van der Waals surface area contributed by atoms with Crippen LogP contribution < -0.4 is 0 Å². The Hall–Kier alpha value is 0.250. The Kier molecular flexibility index (Phi) is 3.73. The summed E-state index contributed by atoms with van der Waals surface area (Å²) >= 11 is 5.74. The number of alkyl halides is 1. The number of piperidine rings is 1. The van der Waals surface area contributed by atoms with Crippen LogP contribution in [-0.2, 0) is 0 Å². The third-order valence-electron chi connectivity index (χ3n) is 4.03. The van der Waals surface area contributed by atoms with E-state index >= 15 is 0 Å². The minimum Gasteiger partial charge on any atom is -0.300 e. The van der Waals surface area contributed by atoms with Gasteiger partial charge in [0.2, 0.25) is 0 Å². The van der Waals surface area contributed by atoms with Crippen LogP contribution in [-0.4, -0.2) is 29.9 Å². The van der Waals surface area contributed by atoms with Crippen LogP contribution in [0.4, 0.5) is 0 Å². The van der Waals surface area contributed by atoms with Crippen molar-refractivity contribution >= 4 is 11.6 Å². The highest BCUT2D eigenvalue weighted by atomic mass is 35.5. The fourth-order valence-electron chi connectivity index (χ4n) is 3.02. The summed E-state index contributed by atoms with van der Waals surface area (Å²) in [7, 11) is 0. The van der Waals surface area contributed by atoms with Gasteiger partial charge in [-0.05, 0) is 50.5 Å². The van der Waals surface area contributed by atoms with Gasteiger partial charge in [0.15, 0.2) is 0 Å². The highest BCUT2D eigenvalue weighted by Crippen LogP contribution is 2.37. The number of nitrogens with zero attached hydrogens (tertiary/aromatic N) is 1. The largest absolute Gasteiger partial charge is 0.300 e. The molecular formula is C12H22ClN. The number of hydrogen-bond acceptors (Lipinski definition) is 1. The minimum atomic E-state index is 0.812. The Balaban J connectivity index is 1.66. The Labute approximate surface area is 92.8 Å². The minimum absolute atomic E-state index is 0.812. The number of fused-ring (bicyclic) bond motifs is 2. The van der Waals surface area contributed by atoms with Crippen molar-refractivity contribution in [3.05, 3.63) is 0 Å². The Morgan fingerprint density at radius 2 is 2.21 bits per heavy atom. The van der Waals surface area contributed by atoms with Crippen LogP contribution in [0.1, 0.15) is 39.0 Å². The third kappa shape index (κ3) is 2.43. The van der Waals surface area contributed by atoms with Gasteiger partial charge in [-0.1, -0.05) is 6.92 Å². The topological polar surface area (TPSA) is 3.24 Å². The van der Waals surface area contributed by atoms with Crippen molar-refractivity contribution in [3.63, 3.8) is 0 Å². The van der Waals surface area contributed by atoms with E-state index in [9.17, 15) is 0 Å². The molecule has 3 atom stereocenters. The molecule has 1 aliphatic carbocycles. The van der Waals surface area contributed by atoms with E-state index in [2.05, 4.69) is 11.8 Å². The lowest BCUT2D eigenvalue weighted by Gasteiger charge is -2.27. The van der Waals surface area contributed by atoms with E-state index in [-0.39, 0.29) is 0 Å². The smallest absolute Gasteiger partial charge is 0.0225 e. The first-order valence-corrected chi connectivity index (χ1v) is 6.63. The van der Waals surface area contributed by atoms with Gasteiger partial charge in [-0.3, -0.25) is 0 Å². The molecule has 1 saturated carbocycles. The summed E-state index contributed by atoms with van der Waals surface area (Å²) in [6, 6.07) is 0.947. The van der Waals surface area contributed by atoms with E-state index in [1.807, 2.05) is 0 Å². The molecule has 2 aliphatic rings. The number of halogens is 1. The van der Waals surface area contributed by atoms with E-state index in [0.717, 1.165) is 23.8 Å². The van der Waals surface area contributed by atoms with Crippen LogP contribution in [0, 0.1) is 11.8 Å². The molecule has 1 saturated heterocycles. The predicted molar refractivity (Wildman–Crippen MR) is 61.8 cm³/mol. The predicted octanol–water partition coefficient (Wildman–Crippen LogP) is 3.13. The Morgan fingerprint density at radius 1 is 1.36 bits per heavy atom. The molecule has 0 aromatic rings. The molecule has 82 valence electrons. The molecule has 0 N–H and O–H groups in total. The van der Waals surface area contributed by atoms with Crippen LogP contribution in [0.15, 0.2) is 0 Å². The number of rotatable bonds is 5. The molecule has 2 bridgehead atoms. The summed E-state index contributed by atoms with van der Waals surface area (Å²) in [4.78, 5) is 2.72. The van der Waals surface area contributed by atoms with E-state index < -0.39 is 0 Å². The fourth-order valence-corrected chi connectivity index (χ4v) is 3.39. The lowest BCUT2D eigenvalue weighted by molar-refractivity contribution is 0.200. The van der Waals surface area contributed by atoms with Crippen molar-refractivity contribution in [3.8, 4) is 0 Å². The second-order valence-electron chi connectivity index (χ2n) is 5.20. The molecule has 2 fully saturated rings. The third-order valence-corrected chi connectivity index (χ3v) is 4.25. The molecule has 2 rings (SSSR count). The molecule has 2 heteroatoms. The van der Waals surface area contributed by atoms with E-state index in [0.29, 0.717) is 0 Å². The van der Waals surface area contributed by atoms with Gasteiger partial charge >= 0.3 is 0 Å². The summed E-state index contributed by atoms with van der Waals surface area (Å²) in [5, 5.41) is 0. The maximum absolute atomic E-state index is 5.74. The van der Waals surface area contributed by atoms with E-state index in [1.165, 1.54) is 45.2 Å². The van der Waals surface area contributed by atoms with Crippen LogP contribution in [0.2, 0.25) is 0 Å². The first-order valence-electron chi connectivity index (χ1n) is 6.09. The van der Waals surface area contributed by atoms with Gasteiger partial charge in [0, 0.05) is 18.5 Å². The summed E-state index contributed by atoms with van der Waals surface area (Å²) < 4.78 is 0. The molecule has 14 heavy (non-hydrogen) atoms. The SMILES string of the molecule is CC(CCCl)CCN1CC2CCC1C2. The average molecular weight is 216 g/mol. The molecular weight excluding hydrogens is 194 g/mol. The van der Waals surface area contributed by atoms with Crippen LogP contribution in [0.3, 0.4) is 0 Å². The first-order chi connectivity index (χ1) is 6.79. The highest BCUT2D eigenvalue weighted by Gasteiger charge is 2.37. The zero-order chi connectivity index (χ0) is 9.97. The summed E-state index contributed by atoms with van der Waals surface area (Å²) in [6.45, 7) is 5.04. The number of likely N-dealkylation sites (tertiary alicyclic amines) is 1. The van der Waals surface area contributed by atoms with Crippen molar-refractivity contribution in [2.24, 2.45) is 11.8 Å². The van der Waals surface area contributed by atoms with Crippen molar-refractivity contribution in [1.82, 2.24) is 4.90 Å². The van der Waals surface area contributed by atoms with Crippen LogP contribution in [0.25, 0.3) is 0 Å². The normalized spacial score (nSPS) is 33.9. The Bertz CT molecular complexity index is 183. The van der Waals surface area contributed by atoms with Gasteiger partial charge in [0.05, 0.1) is 0 Å². The van der Waals surface area contributed by atoms with Crippen LogP contribution >= 0.6 is 11.6 Å². The molecule has 0 radical (unpaired) electrons. The molecule has 1 heterocycles. The average Bonchev–Trinajstić information content (AvgIpc) is 2.76. The van der Waals surface area contributed by atoms with Gasteiger partial charge in [0.25, 0.3) is 0 Å². The second-order valence-corrected chi connectivity index (χ2v) is 5.58. The van der Waals surface area contributed by atoms with Gasteiger partial charge < -0.3 is 4.90 Å². The van der Waals surface area contributed by atoms with Crippen molar-refractivity contribution in [2.45, 2.75) is 45.1 Å². The van der Waals surface area contributed by atoms with Gasteiger partial charge in [-0.15, -0.1) is 11.6 Å². The molecule has 0 aromatic heterocycles. The standard InChI is InChI=1S/C12H22ClN/c1-10(4-6-13)5-7-14-9-11-2-3-12(14)8-11/h10-12H,2-9H2,1H3. The quantitative estimate of drug-likeness (QED) is 0.637. The lowest BCUT2D eigenvalue weighted by atomic mass is 10.0. The molecule has 3 unspecified atom stereocenters. The monoisotopic (exact) mass is 215 g/mol. The molecule has 0 aromatic carbocycles. The fraction of sp³-hybridized carbons (Fsp3) is 1.00. The second kappa shape index (κ2) is 4.85. The van der Waals surface area contributed by atoms with Crippen molar-refractivity contribution in [1.29, 1.82) is 0 Å². The van der Waals surface area contributed by atoms with Crippen molar-refractivity contribution < 1.29 is 0 Å². The zero-order valence-electron chi connectivity index (χ0n) is 9.21. The summed E-state index contributed by atoms with van der Waals surface area (Å²) in [5.74, 6) is 2.68. The van der Waals surface area contributed by atoms with Crippen LogP contribution in [0.5, 0.6) is 0 Å². The van der Waals surface area contributed by atoms with Gasteiger partial charge in [-0.2, -0.15) is 0 Å². The molecule has 0 spiro atoms. The lowest BCUT2D eigenvalue weighted by Crippen LogP contribution is -2.33. The first kappa shape index (κ1) is 10.8. The van der Waals surface area contributed by atoms with E-state index in [4.69, 9.17) is 11.6 Å². The zero-order valence-corrected chi connectivity index (χ0v) is 9.97. The van der Waals surface area contributed by atoms with Gasteiger partial charge in [0.1, 0.15) is 0 Å². The van der Waals surface area contributed by atoms with E-state index in [1.54, 1.807) is 0 Å². The highest BCUT2D eigenvalue weighted by molar-refractivity contribution is 6.17. The van der Waals surface area contributed by atoms with Gasteiger partial charge in [-0.25, -0.2) is 0 Å². The number of hydrogen-bond donors (Lipinski definition) is 0. The molecule has 0 amide bonds. The maximum Gasteiger partial charge on any atom is 0.0225 e. The summed E-state index contributed by atoms with van der Waals surface area (Å²) in [6.07, 6.45) is 6.98. The molecule has 1 nitrogen and oxygen atoms in total. The maximum atomic E-state index is 5.74. The molecule has 1 aliphatic heterocycles. The Morgan fingerprint density at radius 3 is 2.79 bits per heavy atom.